The molecule has 1 aliphatic heterocycles. The van der Waals surface area contributed by atoms with E-state index in [1.54, 1.807) is 0 Å². The number of aliphatic hydroxyl groups is 1. The Morgan fingerprint density at radius 1 is 1.19 bits per heavy atom. The molecule has 0 atom stereocenters. The standard InChI is InChI=1S/C11H21N3O2/c15-8-7-13-3-5-14(6-4-13)9-12-11(16)10-1-2-10/h10,15H,1-9H2,(H,12,16). The average Bonchev–Trinajstić information content (AvgIpc) is 3.12. The number of amides is 1. The summed E-state index contributed by atoms with van der Waals surface area (Å²) in [5, 5.41) is 11.8. The number of rotatable bonds is 5. The second kappa shape index (κ2) is 5.61. The van der Waals surface area contributed by atoms with Crippen LogP contribution in [0.3, 0.4) is 0 Å². The summed E-state index contributed by atoms with van der Waals surface area (Å²) >= 11 is 0. The van der Waals surface area contributed by atoms with Crippen molar-refractivity contribution >= 4 is 5.91 Å². The number of piperazine rings is 1. The predicted octanol–water partition coefficient (Wildman–Crippen LogP) is -0.920. The number of carbonyl (C=O) groups excluding carboxylic acids is 1. The fourth-order valence-corrected chi connectivity index (χ4v) is 1.99. The third kappa shape index (κ3) is 3.43. The summed E-state index contributed by atoms with van der Waals surface area (Å²) < 4.78 is 0. The molecule has 16 heavy (non-hydrogen) atoms. The quantitative estimate of drug-likeness (QED) is 0.638. The van der Waals surface area contributed by atoms with Crippen molar-refractivity contribution in [2.24, 2.45) is 5.92 Å². The van der Waals surface area contributed by atoms with Crippen LogP contribution in [0.4, 0.5) is 0 Å². The van der Waals surface area contributed by atoms with Gasteiger partial charge in [-0.1, -0.05) is 0 Å². The fraction of sp³-hybridized carbons (Fsp3) is 0.909. The summed E-state index contributed by atoms with van der Waals surface area (Å²) in [6.45, 7) is 5.61. The van der Waals surface area contributed by atoms with Gasteiger partial charge in [0.1, 0.15) is 0 Å². The Morgan fingerprint density at radius 3 is 2.38 bits per heavy atom. The Bertz CT molecular complexity index is 235. The van der Waals surface area contributed by atoms with Crippen LogP contribution in [0.1, 0.15) is 12.8 Å². The highest BCUT2D eigenvalue weighted by molar-refractivity contribution is 5.80. The van der Waals surface area contributed by atoms with Crippen molar-refractivity contribution in [3.05, 3.63) is 0 Å². The zero-order valence-electron chi connectivity index (χ0n) is 9.69. The Balaban J connectivity index is 1.59. The van der Waals surface area contributed by atoms with E-state index in [9.17, 15) is 4.79 Å². The minimum atomic E-state index is 0.220. The Kier molecular flexibility index (Phi) is 4.15. The van der Waals surface area contributed by atoms with Gasteiger partial charge in [-0.3, -0.25) is 14.6 Å². The van der Waals surface area contributed by atoms with Crippen LogP contribution in [0.15, 0.2) is 0 Å². The normalized spacial score (nSPS) is 23.3. The van der Waals surface area contributed by atoms with E-state index in [4.69, 9.17) is 5.11 Å². The number of nitrogens with zero attached hydrogens (tertiary/aromatic N) is 2. The lowest BCUT2D eigenvalue weighted by molar-refractivity contribution is -0.123. The van der Waals surface area contributed by atoms with Crippen LogP contribution in [0.2, 0.25) is 0 Å². The van der Waals surface area contributed by atoms with Gasteiger partial charge in [-0.15, -0.1) is 0 Å². The van der Waals surface area contributed by atoms with E-state index >= 15 is 0 Å². The van der Waals surface area contributed by atoms with Gasteiger partial charge in [-0.2, -0.15) is 0 Å². The van der Waals surface area contributed by atoms with Crippen molar-refractivity contribution < 1.29 is 9.90 Å². The lowest BCUT2D eigenvalue weighted by atomic mass is 10.3. The predicted molar refractivity (Wildman–Crippen MR) is 60.8 cm³/mol. The molecule has 1 aliphatic carbocycles. The highest BCUT2D eigenvalue weighted by Crippen LogP contribution is 2.28. The van der Waals surface area contributed by atoms with Crippen molar-refractivity contribution in [1.29, 1.82) is 0 Å². The zero-order valence-corrected chi connectivity index (χ0v) is 9.69. The Labute approximate surface area is 96.4 Å². The molecule has 1 heterocycles. The molecule has 2 N–H and O–H groups in total. The summed E-state index contributed by atoms with van der Waals surface area (Å²) in [6, 6.07) is 0. The summed E-state index contributed by atoms with van der Waals surface area (Å²) in [6.07, 6.45) is 2.13. The van der Waals surface area contributed by atoms with Gasteiger partial charge in [-0.05, 0) is 12.8 Å². The maximum absolute atomic E-state index is 11.4. The van der Waals surface area contributed by atoms with Gasteiger partial charge in [0.15, 0.2) is 0 Å². The van der Waals surface area contributed by atoms with Crippen molar-refractivity contribution in [2.45, 2.75) is 12.8 Å². The highest BCUT2D eigenvalue weighted by atomic mass is 16.3. The number of hydrogen-bond acceptors (Lipinski definition) is 4. The van der Waals surface area contributed by atoms with Crippen LogP contribution in [0, 0.1) is 5.92 Å². The highest BCUT2D eigenvalue weighted by Gasteiger charge is 2.29. The van der Waals surface area contributed by atoms with E-state index in [-0.39, 0.29) is 12.5 Å². The fourth-order valence-electron chi connectivity index (χ4n) is 1.99. The van der Waals surface area contributed by atoms with E-state index in [1.807, 2.05) is 0 Å². The number of carbonyl (C=O) groups is 1. The largest absolute Gasteiger partial charge is 0.395 e. The molecule has 0 bridgehead atoms. The molecule has 92 valence electrons. The van der Waals surface area contributed by atoms with E-state index in [0.717, 1.165) is 45.6 Å². The molecule has 1 amide bonds. The number of β-amino-alcohol motifs (C(OH)–C–C–N with tert-alkyl or cyclic N) is 1. The maximum atomic E-state index is 11.4. The minimum Gasteiger partial charge on any atom is -0.395 e. The number of aliphatic hydroxyl groups excluding tert-OH is 1. The first-order valence-corrected chi connectivity index (χ1v) is 6.13. The molecule has 0 unspecified atom stereocenters. The van der Waals surface area contributed by atoms with Crippen molar-refractivity contribution in [2.75, 3.05) is 46.0 Å². The van der Waals surface area contributed by atoms with Crippen LogP contribution >= 0.6 is 0 Å². The van der Waals surface area contributed by atoms with Crippen molar-refractivity contribution in [3.8, 4) is 0 Å². The van der Waals surface area contributed by atoms with Crippen LogP contribution in [0.25, 0.3) is 0 Å². The van der Waals surface area contributed by atoms with Crippen molar-refractivity contribution in [1.82, 2.24) is 15.1 Å². The molecule has 1 saturated carbocycles. The summed E-state index contributed by atoms with van der Waals surface area (Å²) in [7, 11) is 0. The molecular formula is C11H21N3O2. The SMILES string of the molecule is O=C(NCN1CCN(CCO)CC1)C1CC1. The van der Waals surface area contributed by atoms with Gasteiger partial charge in [0, 0.05) is 38.6 Å². The summed E-state index contributed by atoms with van der Waals surface area (Å²) in [5.74, 6) is 0.522. The van der Waals surface area contributed by atoms with E-state index < -0.39 is 0 Å². The molecule has 0 aromatic heterocycles. The summed E-state index contributed by atoms with van der Waals surface area (Å²) in [5.41, 5.74) is 0. The molecule has 0 aromatic rings. The molecule has 5 heteroatoms. The molecule has 0 radical (unpaired) electrons. The van der Waals surface area contributed by atoms with Gasteiger partial charge in [0.05, 0.1) is 13.3 Å². The van der Waals surface area contributed by atoms with E-state index in [2.05, 4.69) is 15.1 Å². The lowest BCUT2D eigenvalue weighted by Crippen LogP contribution is -2.50. The van der Waals surface area contributed by atoms with Gasteiger partial charge in [0.2, 0.25) is 5.91 Å². The topological polar surface area (TPSA) is 55.8 Å². The molecule has 1 saturated heterocycles. The lowest BCUT2D eigenvalue weighted by Gasteiger charge is -2.34. The minimum absolute atomic E-state index is 0.220. The number of hydrogen-bond donors (Lipinski definition) is 2. The van der Waals surface area contributed by atoms with Crippen LogP contribution < -0.4 is 5.32 Å². The second-order valence-electron chi connectivity index (χ2n) is 4.66. The monoisotopic (exact) mass is 227 g/mol. The molecule has 2 rings (SSSR count). The first-order chi connectivity index (χ1) is 7.79. The Hall–Kier alpha value is -0.650. The summed E-state index contributed by atoms with van der Waals surface area (Å²) in [4.78, 5) is 15.9. The molecule has 2 aliphatic rings. The molecular weight excluding hydrogens is 206 g/mol. The number of nitrogens with one attached hydrogen (secondary N) is 1. The molecule has 5 nitrogen and oxygen atoms in total. The molecule has 2 fully saturated rings. The van der Waals surface area contributed by atoms with Crippen molar-refractivity contribution in [3.63, 3.8) is 0 Å². The van der Waals surface area contributed by atoms with Gasteiger partial charge in [0.25, 0.3) is 0 Å². The maximum Gasteiger partial charge on any atom is 0.224 e. The molecule has 0 aromatic carbocycles. The van der Waals surface area contributed by atoms with Gasteiger partial charge in [-0.25, -0.2) is 0 Å². The van der Waals surface area contributed by atoms with E-state index in [1.165, 1.54) is 0 Å². The second-order valence-corrected chi connectivity index (χ2v) is 4.66. The third-order valence-corrected chi connectivity index (χ3v) is 3.31. The van der Waals surface area contributed by atoms with Crippen LogP contribution in [0.5, 0.6) is 0 Å². The first kappa shape index (κ1) is 11.8. The van der Waals surface area contributed by atoms with E-state index in [0.29, 0.717) is 12.6 Å². The Morgan fingerprint density at radius 2 is 1.81 bits per heavy atom. The zero-order chi connectivity index (χ0) is 11.4. The van der Waals surface area contributed by atoms with Crippen LogP contribution in [-0.2, 0) is 4.79 Å². The average molecular weight is 227 g/mol. The van der Waals surface area contributed by atoms with Crippen LogP contribution in [-0.4, -0.2) is 66.8 Å². The third-order valence-electron chi connectivity index (χ3n) is 3.31. The van der Waals surface area contributed by atoms with Gasteiger partial charge >= 0.3 is 0 Å². The smallest absolute Gasteiger partial charge is 0.224 e. The van der Waals surface area contributed by atoms with Gasteiger partial charge < -0.3 is 10.4 Å². The molecule has 0 spiro atoms. The first-order valence-electron chi connectivity index (χ1n) is 6.13.